The molecule has 3 amide bonds. The molecule has 0 aliphatic carbocycles. The number of nitrogens with one attached hydrogen (secondary N) is 1. The standard InChI is InChI=1S/C24H26N2O5/c1-5-6-16(4)25-21(27)13-31-24(30)17-9-10-18-19(12-17)23(29)26(22(18)28)20-11-14(2)7-8-15(20)3/h7-12,16H,5-6,13H2,1-4H3,(H,25,27)/t16-/m1/s1. The van der Waals surface area contributed by atoms with Crippen LogP contribution >= 0.6 is 0 Å². The molecule has 0 saturated carbocycles. The highest BCUT2D eigenvalue weighted by molar-refractivity contribution is 6.35. The monoisotopic (exact) mass is 422 g/mol. The predicted molar refractivity (Wildman–Crippen MR) is 116 cm³/mol. The Morgan fingerprint density at radius 2 is 1.74 bits per heavy atom. The van der Waals surface area contributed by atoms with Crippen molar-refractivity contribution in [2.45, 2.75) is 46.6 Å². The molecule has 1 N–H and O–H groups in total. The number of hydrogen-bond donors (Lipinski definition) is 1. The Hall–Kier alpha value is -3.48. The summed E-state index contributed by atoms with van der Waals surface area (Å²) < 4.78 is 5.08. The minimum atomic E-state index is -0.730. The second-order valence-corrected chi connectivity index (χ2v) is 7.83. The van der Waals surface area contributed by atoms with Gasteiger partial charge >= 0.3 is 5.97 Å². The van der Waals surface area contributed by atoms with Crippen molar-refractivity contribution < 1.29 is 23.9 Å². The summed E-state index contributed by atoms with van der Waals surface area (Å²) in [5.41, 5.74) is 2.72. The Labute approximate surface area is 181 Å². The molecule has 162 valence electrons. The number of fused-ring (bicyclic) bond motifs is 1. The first kappa shape index (κ1) is 22.2. The van der Waals surface area contributed by atoms with E-state index < -0.39 is 24.4 Å². The number of ether oxygens (including phenoxy) is 1. The normalized spacial score (nSPS) is 13.7. The van der Waals surface area contributed by atoms with Crippen molar-refractivity contribution in [3.63, 3.8) is 0 Å². The zero-order chi connectivity index (χ0) is 22.7. The van der Waals surface area contributed by atoms with Gasteiger partial charge in [0.15, 0.2) is 6.61 Å². The molecule has 3 rings (SSSR count). The van der Waals surface area contributed by atoms with Crippen LogP contribution in [0, 0.1) is 13.8 Å². The molecule has 0 fully saturated rings. The molecule has 1 atom stereocenters. The summed E-state index contributed by atoms with van der Waals surface area (Å²) in [6, 6.07) is 9.76. The second-order valence-electron chi connectivity index (χ2n) is 7.83. The Morgan fingerprint density at radius 3 is 2.45 bits per heavy atom. The van der Waals surface area contributed by atoms with Gasteiger partial charge in [0.05, 0.1) is 22.4 Å². The Morgan fingerprint density at radius 1 is 1.03 bits per heavy atom. The van der Waals surface area contributed by atoms with E-state index in [9.17, 15) is 19.2 Å². The number of hydrogen-bond acceptors (Lipinski definition) is 5. The molecule has 31 heavy (non-hydrogen) atoms. The van der Waals surface area contributed by atoms with Crippen LogP contribution in [0.1, 0.15) is 68.9 Å². The lowest BCUT2D eigenvalue weighted by atomic mass is 10.1. The largest absolute Gasteiger partial charge is 0.452 e. The molecule has 0 unspecified atom stereocenters. The van der Waals surface area contributed by atoms with Crippen LogP contribution in [0.2, 0.25) is 0 Å². The summed E-state index contributed by atoms with van der Waals surface area (Å²) in [5.74, 6) is -2.04. The third-order valence-electron chi connectivity index (χ3n) is 5.19. The minimum absolute atomic E-state index is 0.00380. The fourth-order valence-corrected chi connectivity index (χ4v) is 3.58. The SMILES string of the molecule is CCC[C@@H](C)NC(=O)COC(=O)c1ccc2c(c1)C(=O)N(c1cc(C)ccc1C)C2=O. The van der Waals surface area contributed by atoms with Crippen LogP contribution in [-0.4, -0.2) is 36.3 Å². The van der Waals surface area contributed by atoms with Crippen LogP contribution in [0.3, 0.4) is 0 Å². The summed E-state index contributed by atoms with van der Waals surface area (Å²) in [4.78, 5) is 51.3. The number of anilines is 1. The van der Waals surface area contributed by atoms with Crippen LogP contribution in [0.4, 0.5) is 5.69 Å². The number of esters is 1. The number of amides is 3. The smallest absolute Gasteiger partial charge is 0.338 e. The summed E-state index contributed by atoms with van der Waals surface area (Å²) in [7, 11) is 0. The maximum absolute atomic E-state index is 13.0. The summed E-state index contributed by atoms with van der Waals surface area (Å²) in [5, 5.41) is 2.75. The zero-order valence-corrected chi connectivity index (χ0v) is 18.2. The van der Waals surface area contributed by atoms with Crippen molar-refractivity contribution in [3.05, 3.63) is 64.2 Å². The zero-order valence-electron chi connectivity index (χ0n) is 18.2. The molecule has 7 nitrogen and oxygen atoms in total. The second kappa shape index (κ2) is 9.12. The first-order chi connectivity index (χ1) is 14.7. The van der Waals surface area contributed by atoms with Gasteiger partial charge in [0.25, 0.3) is 17.7 Å². The summed E-state index contributed by atoms with van der Waals surface area (Å²) in [6.45, 7) is 7.20. The van der Waals surface area contributed by atoms with E-state index in [0.717, 1.165) is 28.9 Å². The third kappa shape index (κ3) is 4.66. The predicted octanol–water partition coefficient (Wildman–Crippen LogP) is 3.57. The first-order valence-electron chi connectivity index (χ1n) is 10.3. The number of aryl methyl sites for hydroxylation is 2. The number of nitrogens with zero attached hydrogens (tertiary/aromatic N) is 1. The van der Waals surface area contributed by atoms with Gasteiger partial charge in [-0.25, -0.2) is 9.69 Å². The van der Waals surface area contributed by atoms with Gasteiger partial charge in [0, 0.05) is 6.04 Å². The van der Waals surface area contributed by atoms with Crippen molar-refractivity contribution in [2.24, 2.45) is 0 Å². The van der Waals surface area contributed by atoms with Gasteiger partial charge in [-0.3, -0.25) is 14.4 Å². The molecular formula is C24H26N2O5. The van der Waals surface area contributed by atoms with Crippen molar-refractivity contribution in [3.8, 4) is 0 Å². The van der Waals surface area contributed by atoms with E-state index in [1.165, 1.54) is 18.2 Å². The topological polar surface area (TPSA) is 92.8 Å². The molecule has 0 spiro atoms. The summed E-state index contributed by atoms with van der Waals surface area (Å²) >= 11 is 0. The number of carbonyl (C=O) groups is 4. The van der Waals surface area contributed by atoms with Gasteiger partial charge in [-0.15, -0.1) is 0 Å². The van der Waals surface area contributed by atoms with E-state index in [1.54, 1.807) is 6.07 Å². The fourth-order valence-electron chi connectivity index (χ4n) is 3.58. The van der Waals surface area contributed by atoms with E-state index >= 15 is 0 Å². The molecule has 1 heterocycles. The van der Waals surface area contributed by atoms with Crippen molar-refractivity contribution in [1.29, 1.82) is 0 Å². The average Bonchev–Trinajstić information content (AvgIpc) is 2.98. The van der Waals surface area contributed by atoms with Crippen LogP contribution in [0.25, 0.3) is 0 Å². The quantitative estimate of drug-likeness (QED) is 0.544. The fraction of sp³-hybridized carbons (Fsp3) is 0.333. The Balaban J connectivity index is 1.75. The Bertz CT molecular complexity index is 1060. The van der Waals surface area contributed by atoms with Crippen LogP contribution in [0.15, 0.2) is 36.4 Å². The lowest BCUT2D eigenvalue weighted by Gasteiger charge is -2.17. The van der Waals surface area contributed by atoms with E-state index in [2.05, 4.69) is 5.32 Å². The minimum Gasteiger partial charge on any atom is -0.452 e. The van der Waals surface area contributed by atoms with E-state index in [-0.39, 0.29) is 28.6 Å². The molecule has 0 radical (unpaired) electrons. The number of rotatable bonds is 7. The number of carbonyl (C=O) groups excluding carboxylic acids is 4. The maximum atomic E-state index is 13.0. The van der Waals surface area contributed by atoms with Crippen molar-refractivity contribution >= 4 is 29.4 Å². The lowest BCUT2D eigenvalue weighted by Crippen LogP contribution is -2.35. The molecule has 7 heteroatoms. The molecule has 0 saturated heterocycles. The number of benzene rings is 2. The molecule has 0 aromatic heterocycles. The highest BCUT2D eigenvalue weighted by Crippen LogP contribution is 2.31. The molecule has 1 aliphatic heterocycles. The van der Waals surface area contributed by atoms with Gasteiger partial charge in [0.2, 0.25) is 0 Å². The van der Waals surface area contributed by atoms with Gasteiger partial charge in [-0.05, 0) is 62.6 Å². The van der Waals surface area contributed by atoms with E-state index in [1.807, 2.05) is 39.8 Å². The molecule has 2 aromatic rings. The Kier molecular flexibility index (Phi) is 6.53. The third-order valence-corrected chi connectivity index (χ3v) is 5.19. The summed E-state index contributed by atoms with van der Waals surface area (Å²) in [6.07, 6.45) is 1.76. The van der Waals surface area contributed by atoms with Crippen molar-refractivity contribution in [1.82, 2.24) is 5.32 Å². The highest BCUT2D eigenvalue weighted by Gasteiger charge is 2.38. The molecule has 1 aliphatic rings. The van der Waals surface area contributed by atoms with Crippen molar-refractivity contribution in [2.75, 3.05) is 11.5 Å². The molecule has 2 aromatic carbocycles. The van der Waals surface area contributed by atoms with Gasteiger partial charge < -0.3 is 10.1 Å². The van der Waals surface area contributed by atoms with Gasteiger partial charge in [0.1, 0.15) is 0 Å². The average molecular weight is 422 g/mol. The van der Waals surface area contributed by atoms with E-state index in [4.69, 9.17) is 4.74 Å². The van der Waals surface area contributed by atoms with E-state index in [0.29, 0.717) is 5.69 Å². The molecular weight excluding hydrogens is 396 g/mol. The lowest BCUT2D eigenvalue weighted by molar-refractivity contribution is -0.124. The van der Waals surface area contributed by atoms with Crippen LogP contribution in [-0.2, 0) is 9.53 Å². The van der Waals surface area contributed by atoms with Gasteiger partial charge in [-0.2, -0.15) is 0 Å². The maximum Gasteiger partial charge on any atom is 0.338 e. The number of imide groups is 1. The molecule has 0 bridgehead atoms. The van der Waals surface area contributed by atoms with Gasteiger partial charge in [-0.1, -0.05) is 25.5 Å². The highest BCUT2D eigenvalue weighted by atomic mass is 16.5. The van der Waals surface area contributed by atoms with Crippen LogP contribution < -0.4 is 10.2 Å². The van der Waals surface area contributed by atoms with Crippen LogP contribution in [0.5, 0.6) is 0 Å². The first-order valence-corrected chi connectivity index (χ1v) is 10.3.